The minimum absolute atomic E-state index is 0.0843. The van der Waals surface area contributed by atoms with Crippen LogP contribution in [0.5, 0.6) is 0 Å². The van der Waals surface area contributed by atoms with Gasteiger partial charge in [0.15, 0.2) is 5.71 Å². The van der Waals surface area contributed by atoms with Crippen LogP contribution in [-0.2, 0) is 25.8 Å². The SMILES string of the molecule is CO/N=C(/C(=O)OC)c1cccc(C)c1CO/N=C(\C)c1ccc(C)c(I)c1. The summed E-state index contributed by atoms with van der Waals surface area (Å²) in [4.78, 5) is 22.5. The van der Waals surface area contributed by atoms with E-state index in [4.69, 9.17) is 14.4 Å². The van der Waals surface area contributed by atoms with Crippen LogP contribution in [0.2, 0.25) is 0 Å². The van der Waals surface area contributed by atoms with Crippen LogP contribution in [0, 0.1) is 17.4 Å². The molecule has 2 rings (SSSR count). The number of benzene rings is 2. The molecule has 0 unspecified atom stereocenters. The van der Waals surface area contributed by atoms with Gasteiger partial charge in [0, 0.05) is 20.3 Å². The Labute approximate surface area is 178 Å². The van der Waals surface area contributed by atoms with Crippen LogP contribution in [-0.4, -0.2) is 31.6 Å². The molecule has 148 valence electrons. The van der Waals surface area contributed by atoms with Crippen molar-refractivity contribution in [3.05, 3.63) is 67.8 Å². The molecule has 6 nitrogen and oxygen atoms in total. The number of carbonyl (C=O) groups excluding carboxylic acids is 1. The third-order valence-corrected chi connectivity index (χ3v) is 5.39. The van der Waals surface area contributed by atoms with Crippen LogP contribution in [0.3, 0.4) is 0 Å². The van der Waals surface area contributed by atoms with E-state index in [2.05, 4.69) is 52.0 Å². The van der Waals surface area contributed by atoms with Crippen molar-refractivity contribution in [1.82, 2.24) is 0 Å². The van der Waals surface area contributed by atoms with E-state index in [-0.39, 0.29) is 12.3 Å². The van der Waals surface area contributed by atoms with E-state index in [1.807, 2.05) is 32.0 Å². The maximum Gasteiger partial charge on any atom is 0.360 e. The smallest absolute Gasteiger partial charge is 0.360 e. The van der Waals surface area contributed by atoms with Gasteiger partial charge in [-0.15, -0.1) is 0 Å². The van der Waals surface area contributed by atoms with E-state index in [0.717, 1.165) is 22.4 Å². The number of hydrogen-bond acceptors (Lipinski definition) is 6. The molecule has 0 heterocycles. The van der Waals surface area contributed by atoms with Crippen LogP contribution < -0.4 is 0 Å². The highest BCUT2D eigenvalue weighted by Crippen LogP contribution is 2.19. The Morgan fingerprint density at radius 2 is 1.82 bits per heavy atom. The van der Waals surface area contributed by atoms with Crippen molar-refractivity contribution in [1.29, 1.82) is 0 Å². The molecule has 0 spiro atoms. The molecule has 0 fully saturated rings. The lowest BCUT2D eigenvalue weighted by Crippen LogP contribution is -2.20. The summed E-state index contributed by atoms with van der Waals surface area (Å²) in [6.07, 6.45) is 0. The third kappa shape index (κ3) is 5.31. The molecule has 0 amide bonds. The van der Waals surface area contributed by atoms with Gasteiger partial charge in [-0.25, -0.2) is 4.79 Å². The first kappa shape index (κ1) is 21.9. The Bertz CT molecular complexity index is 923. The first-order valence-electron chi connectivity index (χ1n) is 8.60. The molecule has 0 saturated carbocycles. The number of ether oxygens (including phenoxy) is 1. The van der Waals surface area contributed by atoms with Crippen LogP contribution in [0.25, 0.3) is 0 Å². The highest BCUT2D eigenvalue weighted by Gasteiger charge is 2.20. The fourth-order valence-electron chi connectivity index (χ4n) is 2.56. The van der Waals surface area contributed by atoms with E-state index in [1.165, 1.54) is 23.4 Å². The van der Waals surface area contributed by atoms with E-state index in [0.29, 0.717) is 5.56 Å². The number of aryl methyl sites for hydroxylation is 2. The second-order valence-corrected chi connectivity index (χ2v) is 7.29. The van der Waals surface area contributed by atoms with Gasteiger partial charge in [-0.3, -0.25) is 0 Å². The summed E-state index contributed by atoms with van der Waals surface area (Å²) in [7, 11) is 2.68. The van der Waals surface area contributed by atoms with E-state index >= 15 is 0 Å². The third-order valence-electron chi connectivity index (χ3n) is 4.23. The molecule has 0 N–H and O–H groups in total. The molecular weight excluding hydrogens is 471 g/mol. The lowest BCUT2D eigenvalue weighted by atomic mass is 9.99. The average Bonchev–Trinajstić information content (AvgIpc) is 2.68. The summed E-state index contributed by atoms with van der Waals surface area (Å²) in [6, 6.07) is 11.7. The first-order valence-corrected chi connectivity index (χ1v) is 9.68. The zero-order chi connectivity index (χ0) is 20.7. The van der Waals surface area contributed by atoms with Gasteiger partial charge in [0.25, 0.3) is 0 Å². The summed E-state index contributed by atoms with van der Waals surface area (Å²) < 4.78 is 5.99. The molecule has 0 aliphatic heterocycles. The largest absolute Gasteiger partial charge is 0.464 e. The molecule has 28 heavy (non-hydrogen) atoms. The number of methoxy groups -OCH3 is 1. The molecule has 0 aliphatic rings. The number of esters is 1. The Kier molecular flexibility index (Phi) is 7.98. The van der Waals surface area contributed by atoms with Crippen molar-refractivity contribution in [2.45, 2.75) is 27.4 Å². The molecule has 0 bridgehead atoms. The topological polar surface area (TPSA) is 69.5 Å². The van der Waals surface area contributed by atoms with Gasteiger partial charge in [0.2, 0.25) is 0 Å². The van der Waals surface area contributed by atoms with Gasteiger partial charge < -0.3 is 14.4 Å². The highest BCUT2D eigenvalue weighted by atomic mass is 127. The lowest BCUT2D eigenvalue weighted by molar-refractivity contribution is -0.132. The minimum atomic E-state index is -0.581. The molecule has 0 aromatic heterocycles. The summed E-state index contributed by atoms with van der Waals surface area (Å²) in [5.74, 6) is -0.581. The van der Waals surface area contributed by atoms with Gasteiger partial charge >= 0.3 is 5.97 Å². The standard InChI is InChI=1S/C21H23IN2O4/c1-13-7-6-8-17(20(24-27-5)21(25)26-4)18(13)12-28-23-15(3)16-10-9-14(2)19(22)11-16/h6-11H,12H2,1-5H3/b23-15+,24-20+. The lowest BCUT2D eigenvalue weighted by Gasteiger charge is -2.12. The Balaban J connectivity index is 2.27. The number of nitrogens with zero attached hydrogens (tertiary/aromatic N) is 2. The van der Waals surface area contributed by atoms with Gasteiger partial charge in [-0.1, -0.05) is 40.6 Å². The zero-order valence-corrected chi connectivity index (χ0v) is 18.7. The number of carbonyl (C=O) groups is 1. The molecule has 2 aromatic carbocycles. The number of halogens is 1. The predicted octanol–water partition coefficient (Wildman–Crippen LogP) is 4.37. The fourth-order valence-corrected chi connectivity index (χ4v) is 3.08. The van der Waals surface area contributed by atoms with Crippen LogP contribution in [0.1, 0.15) is 34.7 Å². The van der Waals surface area contributed by atoms with Crippen molar-refractivity contribution in [3.8, 4) is 0 Å². The molecule has 0 radical (unpaired) electrons. The Morgan fingerprint density at radius 1 is 1.07 bits per heavy atom. The molecule has 0 aliphatic carbocycles. The van der Waals surface area contributed by atoms with E-state index in [1.54, 1.807) is 6.07 Å². The Hall–Kier alpha value is -2.42. The molecule has 2 aromatic rings. The van der Waals surface area contributed by atoms with Gasteiger partial charge in [0.1, 0.15) is 13.7 Å². The average molecular weight is 494 g/mol. The monoisotopic (exact) mass is 494 g/mol. The van der Waals surface area contributed by atoms with Crippen LogP contribution >= 0.6 is 22.6 Å². The number of oxime groups is 2. The second-order valence-electron chi connectivity index (χ2n) is 6.13. The van der Waals surface area contributed by atoms with Gasteiger partial charge in [0.05, 0.1) is 12.8 Å². The molecule has 0 saturated heterocycles. The Morgan fingerprint density at radius 3 is 2.46 bits per heavy atom. The van der Waals surface area contributed by atoms with E-state index in [9.17, 15) is 4.79 Å². The van der Waals surface area contributed by atoms with Crippen molar-refractivity contribution < 1.29 is 19.2 Å². The first-order chi connectivity index (χ1) is 13.4. The molecule has 7 heteroatoms. The van der Waals surface area contributed by atoms with Crippen LogP contribution in [0.15, 0.2) is 46.7 Å². The minimum Gasteiger partial charge on any atom is -0.464 e. The maximum absolute atomic E-state index is 12.1. The molecule has 0 atom stereocenters. The van der Waals surface area contributed by atoms with Crippen molar-refractivity contribution >= 4 is 40.0 Å². The van der Waals surface area contributed by atoms with Crippen molar-refractivity contribution in [2.75, 3.05) is 14.2 Å². The van der Waals surface area contributed by atoms with Gasteiger partial charge in [-0.2, -0.15) is 0 Å². The maximum atomic E-state index is 12.1. The number of hydrogen-bond donors (Lipinski definition) is 0. The van der Waals surface area contributed by atoms with Gasteiger partial charge in [-0.05, 0) is 60.6 Å². The summed E-state index contributed by atoms with van der Waals surface area (Å²) in [5, 5.41) is 8.06. The van der Waals surface area contributed by atoms with Crippen molar-refractivity contribution in [2.24, 2.45) is 10.3 Å². The van der Waals surface area contributed by atoms with E-state index < -0.39 is 5.97 Å². The van der Waals surface area contributed by atoms with Crippen molar-refractivity contribution in [3.63, 3.8) is 0 Å². The summed E-state index contributed by atoms with van der Waals surface area (Å²) in [6.45, 7) is 6.07. The summed E-state index contributed by atoms with van der Waals surface area (Å²) in [5.41, 5.74) is 5.40. The predicted molar refractivity (Wildman–Crippen MR) is 118 cm³/mol. The summed E-state index contributed by atoms with van der Waals surface area (Å²) >= 11 is 2.30. The highest BCUT2D eigenvalue weighted by molar-refractivity contribution is 14.1. The zero-order valence-electron chi connectivity index (χ0n) is 16.6. The quantitative estimate of drug-likeness (QED) is 0.248. The normalized spacial score (nSPS) is 11.9. The second kappa shape index (κ2) is 10.2. The van der Waals surface area contributed by atoms with Crippen LogP contribution in [0.4, 0.5) is 0 Å². The number of rotatable bonds is 7. The molecular formula is C21H23IN2O4. The fraction of sp³-hybridized carbons (Fsp3) is 0.286.